The van der Waals surface area contributed by atoms with Crippen molar-refractivity contribution in [1.29, 1.82) is 0 Å². The maximum Gasteiger partial charge on any atom is 0.254 e. The lowest BCUT2D eigenvalue weighted by molar-refractivity contribution is -0.0486. The minimum Gasteiger partial charge on any atom is -0.370 e. The van der Waals surface area contributed by atoms with Crippen LogP contribution >= 0.6 is 0 Å². The van der Waals surface area contributed by atoms with Crippen LogP contribution in [0.2, 0.25) is 0 Å². The summed E-state index contributed by atoms with van der Waals surface area (Å²) in [5.74, 6) is -0.125. The van der Waals surface area contributed by atoms with E-state index >= 15 is 0 Å². The zero-order valence-electron chi connectivity index (χ0n) is 15.7. The van der Waals surface area contributed by atoms with Gasteiger partial charge in [-0.3, -0.25) is 4.79 Å². The second kappa shape index (κ2) is 7.80. The first kappa shape index (κ1) is 19.5. The van der Waals surface area contributed by atoms with Crippen molar-refractivity contribution in [2.24, 2.45) is 0 Å². The number of nitrogens with zero attached hydrogens (tertiary/aromatic N) is 2. The molecule has 3 rings (SSSR count). The summed E-state index contributed by atoms with van der Waals surface area (Å²) < 4.78 is 31.4. The molecule has 2 unspecified atom stereocenters. The summed E-state index contributed by atoms with van der Waals surface area (Å²) in [7, 11) is -0.552. The fourth-order valence-electron chi connectivity index (χ4n) is 3.06. The monoisotopic (exact) mass is 388 g/mol. The van der Waals surface area contributed by atoms with E-state index < -0.39 is 10.0 Å². The quantitative estimate of drug-likeness (QED) is 0.807. The molecule has 7 heteroatoms. The molecule has 0 aliphatic carbocycles. The van der Waals surface area contributed by atoms with Crippen molar-refractivity contribution >= 4 is 15.9 Å². The van der Waals surface area contributed by atoms with Crippen LogP contribution in [0.25, 0.3) is 0 Å². The van der Waals surface area contributed by atoms with Crippen molar-refractivity contribution in [2.45, 2.75) is 24.0 Å². The van der Waals surface area contributed by atoms with E-state index in [1.54, 1.807) is 17.0 Å². The van der Waals surface area contributed by atoms with E-state index in [0.29, 0.717) is 18.7 Å². The van der Waals surface area contributed by atoms with Crippen molar-refractivity contribution in [1.82, 2.24) is 9.21 Å². The second-order valence-electron chi connectivity index (χ2n) is 6.85. The van der Waals surface area contributed by atoms with Crippen molar-refractivity contribution in [3.8, 4) is 0 Å². The van der Waals surface area contributed by atoms with Crippen LogP contribution in [-0.2, 0) is 14.8 Å². The topological polar surface area (TPSA) is 66.9 Å². The van der Waals surface area contributed by atoms with Crippen LogP contribution in [0.1, 0.15) is 28.9 Å². The summed E-state index contributed by atoms with van der Waals surface area (Å²) in [5.41, 5.74) is 1.50. The third-order valence-electron chi connectivity index (χ3n) is 4.75. The Balaban J connectivity index is 1.80. The molecule has 1 fully saturated rings. The number of amides is 1. The summed E-state index contributed by atoms with van der Waals surface area (Å²) in [4.78, 5) is 14.9. The largest absolute Gasteiger partial charge is 0.370 e. The molecular weight excluding hydrogens is 364 g/mol. The number of hydrogen-bond donors (Lipinski definition) is 0. The number of sulfonamides is 1. The normalized spacial score (nSPS) is 20.7. The van der Waals surface area contributed by atoms with Crippen LogP contribution in [0.15, 0.2) is 59.5 Å². The fraction of sp³-hybridized carbons (Fsp3) is 0.350. The number of carbonyl (C=O) groups is 1. The smallest absolute Gasteiger partial charge is 0.254 e. The minimum absolute atomic E-state index is 0.0531. The highest BCUT2D eigenvalue weighted by molar-refractivity contribution is 7.89. The molecule has 6 nitrogen and oxygen atoms in total. The summed E-state index contributed by atoms with van der Waals surface area (Å²) in [5, 5.41) is 0. The SMILES string of the molecule is CC1COC(c2ccccc2)CN1C(=O)c1ccc(S(=O)(=O)N(C)C)cc1. The van der Waals surface area contributed by atoms with Crippen LogP contribution in [0.3, 0.4) is 0 Å². The highest BCUT2D eigenvalue weighted by Gasteiger charge is 2.31. The number of rotatable bonds is 4. The molecule has 1 aliphatic rings. The van der Waals surface area contributed by atoms with Crippen LogP contribution < -0.4 is 0 Å². The van der Waals surface area contributed by atoms with Crippen molar-refractivity contribution < 1.29 is 17.9 Å². The van der Waals surface area contributed by atoms with Gasteiger partial charge in [-0.2, -0.15) is 0 Å². The number of carbonyl (C=O) groups excluding carboxylic acids is 1. The number of hydrogen-bond acceptors (Lipinski definition) is 4. The van der Waals surface area contributed by atoms with Crippen LogP contribution in [0.5, 0.6) is 0 Å². The molecule has 1 saturated heterocycles. The van der Waals surface area contributed by atoms with Gasteiger partial charge in [0, 0.05) is 19.7 Å². The van der Waals surface area contributed by atoms with Gasteiger partial charge in [0.1, 0.15) is 6.10 Å². The average molecular weight is 388 g/mol. The van der Waals surface area contributed by atoms with E-state index in [1.165, 1.54) is 26.2 Å². The molecule has 0 N–H and O–H groups in total. The highest BCUT2D eigenvalue weighted by atomic mass is 32.2. The highest BCUT2D eigenvalue weighted by Crippen LogP contribution is 2.26. The van der Waals surface area contributed by atoms with E-state index in [9.17, 15) is 13.2 Å². The molecule has 1 heterocycles. The predicted molar refractivity (Wildman–Crippen MR) is 103 cm³/mol. The Kier molecular flexibility index (Phi) is 5.64. The molecule has 0 aromatic heterocycles. The molecule has 1 amide bonds. The van der Waals surface area contributed by atoms with Gasteiger partial charge in [-0.15, -0.1) is 0 Å². The van der Waals surface area contributed by atoms with E-state index in [4.69, 9.17) is 4.74 Å². The third-order valence-corrected chi connectivity index (χ3v) is 6.57. The van der Waals surface area contributed by atoms with E-state index in [1.807, 2.05) is 37.3 Å². The summed E-state index contributed by atoms with van der Waals surface area (Å²) in [6, 6.07) is 15.9. The van der Waals surface area contributed by atoms with Crippen molar-refractivity contribution in [3.63, 3.8) is 0 Å². The Labute approximate surface area is 160 Å². The zero-order chi connectivity index (χ0) is 19.6. The molecule has 0 bridgehead atoms. The van der Waals surface area contributed by atoms with Crippen molar-refractivity contribution in [3.05, 3.63) is 65.7 Å². The number of benzene rings is 2. The number of morpholine rings is 1. The zero-order valence-corrected chi connectivity index (χ0v) is 16.5. The van der Waals surface area contributed by atoms with E-state index in [0.717, 1.165) is 9.87 Å². The van der Waals surface area contributed by atoms with Crippen LogP contribution in [-0.4, -0.2) is 56.8 Å². The van der Waals surface area contributed by atoms with Gasteiger partial charge in [-0.25, -0.2) is 12.7 Å². The second-order valence-corrected chi connectivity index (χ2v) is 9.00. The molecule has 2 aromatic rings. The van der Waals surface area contributed by atoms with Gasteiger partial charge in [0.15, 0.2) is 0 Å². The first-order valence-corrected chi connectivity index (χ1v) is 10.2. The lowest BCUT2D eigenvalue weighted by atomic mass is 10.0. The molecule has 1 aliphatic heterocycles. The van der Waals surface area contributed by atoms with Gasteiger partial charge >= 0.3 is 0 Å². The molecule has 2 atom stereocenters. The maximum absolute atomic E-state index is 13.0. The Hall–Kier alpha value is -2.22. The molecule has 2 aromatic carbocycles. The first-order chi connectivity index (χ1) is 12.8. The summed E-state index contributed by atoms with van der Waals surface area (Å²) in [6.07, 6.45) is -0.167. The summed E-state index contributed by atoms with van der Waals surface area (Å²) in [6.45, 7) is 2.87. The molecule has 0 spiro atoms. The Morgan fingerprint density at radius 2 is 1.70 bits per heavy atom. The lowest BCUT2D eigenvalue weighted by Crippen LogP contribution is -2.48. The Morgan fingerprint density at radius 1 is 1.07 bits per heavy atom. The molecule has 144 valence electrons. The lowest BCUT2D eigenvalue weighted by Gasteiger charge is -2.38. The summed E-state index contributed by atoms with van der Waals surface area (Å²) >= 11 is 0. The standard InChI is InChI=1S/C20H24N2O4S/c1-15-14-26-19(16-7-5-4-6-8-16)13-22(15)20(23)17-9-11-18(12-10-17)27(24,25)21(2)3/h4-12,15,19H,13-14H2,1-3H3. The van der Waals surface area contributed by atoms with Gasteiger partial charge in [0.25, 0.3) is 5.91 Å². The molecule has 0 saturated carbocycles. The molecule has 0 radical (unpaired) electrons. The average Bonchev–Trinajstić information content (AvgIpc) is 2.68. The minimum atomic E-state index is -3.51. The number of ether oxygens (including phenoxy) is 1. The molecule has 27 heavy (non-hydrogen) atoms. The fourth-order valence-corrected chi connectivity index (χ4v) is 3.96. The molecular formula is C20H24N2O4S. The van der Waals surface area contributed by atoms with Gasteiger partial charge in [0.2, 0.25) is 10.0 Å². The maximum atomic E-state index is 13.0. The Morgan fingerprint density at radius 3 is 2.30 bits per heavy atom. The van der Waals surface area contributed by atoms with E-state index in [-0.39, 0.29) is 22.9 Å². The van der Waals surface area contributed by atoms with Gasteiger partial charge in [-0.1, -0.05) is 30.3 Å². The van der Waals surface area contributed by atoms with Crippen LogP contribution in [0.4, 0.5) is 0 Å². The third kappa shape index (κ3) is 4.05. The van der Waals surface area contributed by atoms with Crippen LogP contribution in [0, 0.1) is 0 Å². The van der Waals surface area contributed by atoms with Gasteiger partial charge < -0.3 is 9.64 Å². The van der Waals surface area contributed by atoms with E-state index in [2.05, 4.69) is 0 Å². The Bertz CT molecular complexity index is 895. The van der Waals surface area contributed by atoms with Gasteiger partial charge in [-0.05, 0) is 36.8 Å². The van der Waals surface area contributed by atoms with Crippen molar-refractivity contribution in [2.75, 3.05) is 27.2 Å². The predicted octanol–water partition coefficient (Wildman–Crippen LogP) is 2.54. The van der Waals surface area contributed by atoms with Gasteiger partial charge in [0.05, 0.1) is 24.1 Å². The first-order valence-electron chi connectivity index (χ1n) is 8.81.